The van der Waals surface area contributed by atoms with Crippen LogP contribution in [0.3, 0.4) is 0 Å². The molecule has 1 saturated heterocycles. The molecule has 110 valence electrons. The van der Waals surface area contributed by atoms with Gasteiger partial charge in [-0.2, -0.15) is 0 Å². The molecule has 0 radical (unpaired) electrons. The van der Waals surface area contributed by atoms with Crippen molar-refractivity contribution in [2.75, 3.05) is 19.6 Å². The van der Waals surface area contributed by atoms with Crippen molar-refractivity contribution in [3.63, 3.8) is 0 Å². The topological polar surface area (TPSA) is 73.0 Å². The zero-order valence-corrected chi connectivity index (χ0v) is 12.0. The third kappa shape index (κ3) is 2.86. The van der Waals surface area contributed by atoms with Gasteiger partial charge in [-0.1, -0.05) is 6.92 Å². The Morgan fingerprint density at radius 2 is 2.50 bits per heavy atom. The van der Waals surface area contributed by atoms with Crippen LogP contribution in [-0.4, -0.2) is 52.5 Å². The molecule has 0 spiro atoms. The number of hydrogen-bond acceptors (Lipinski definition) is 4. The van der Waals surface area contributed by atoms with Gasteiger partial charge in [0.1, 0.15) is 0 Å². The van der Waals surface area contributed by atoms with Crippen LogP contribution in [-0.2, 0) is 17.8 Å². The highest BCUT2D eigenvalue weighted by atomic mass is 16.2. The van der Waals surface area contributed by atoms with E-state index in [1.165, 1.54) is 6.42 Å². The third-order valence-corrected chi connectivity index (χ3v) is 4.35. The lowest BCUT2D eigenvalue weighted by molar-refractivity contribution is -0.124. The molecule has 0 aliphatic carbocycles. The maximum Gasteiger partial charge on any atom is 0.237 e. The summed E-state index contributed by atoms with van der Waals surface area (Å²) >= 11 is 0. The van der Waals surface area contributed by atoms with Crippen LogP contribution in [0.5, 0.6) is 0 Å². The Balaban J connectivity index is 1.55. The monoisotopic (exact) mass is 277 g/mol. The third-order valence-electron chi connectivity index (χ3n) is 4.35. The summed E-state index contributed by atoms with van der Waals surface area (Å²) in [5.74, 6) is 0.113. The van der Waals surface area contributed by atoms with E-state index in [9.17, 15) is 4.79 Å². The SMILES string of the molecule is CCN1CCCC(NC(=O)C2Cc3nc[nH]c3CN2)C1. The number of rotatable bonds is 3. The fraction of sp³-hybridized carbons (Fsp3) is 0.714. The largest absolute Gasteiger partial charge is 0.351 e. The van der Waals surface area contributed by atoms with Gasteiger partial charge in [-0.15, -0.1) is 0 Å². The molecule has 3 heterocycles. The average Bonchev–Trinajstić information content (AvgIpc) is 2.94. The fourth-order valence-electron chi connectivity index (χ4n) is 3.12. The predicted octanol–water partition coefficient (Wildman–Crippen LogP) is 0.0245. The molecule has 0 saturated carbocycles. The standard InChI is InChI=1S/C14H23N5O/c1-2-19-5-3-4-10(8-19)18-14(20)12-6-11-13(7-15-12)17-9-16-11/h9-10,12,15H,2-8H2,1H3,(H,16,17)(H,18,20). The maximum atomic E-state index is 12.4. The molecule has 6 nitrogen and oxygen atoms in total. The van der Waals surface area contributed by atoms with Crippen LogP contribution in [0.25, 0.3) is 0 Å². The number of imidazole rings is 1. The van der Waals surface area contributed by atoms with Crippen LogP contribution in [0.2, 0.25) is 0 Å². The van der Waals surface area contributed by atoms with Crippen LogP contribution in [0.4, 0.5) is 0 Å². The summed E-state index contributed by atoms with van der Waals surface area (Å²) in [5.41, 5.74) is 2.12. The molecule has 2 atom stereocenters. The number of nitrogens with one attached hydrogen (secondary N) is 3. The number of carbonyl (C=O) groups is 1. The van der Waals surface area contributed by atoms with Crippen molar-refractivity contribution in [2.24, 2.45) is 0 Å². The normalized spacial score (nSPS) is 27.1. The minimum atomic E-state index is -0.150. The highest BCUT2D eigenvalue weighted by Gasteiger charge is 2.28. The fourth-order valence-corrected chi connectivity index (χ4v) is 3.12. The second-order valence-corrected chi connectivity index (χ2v) is 5.71. The first-order chi connectivity index (χ1) is 9.76. The Bertz CT molecular complexity index is 472. The highest BCUT2D eigenvalue weighted by Crippen LogP contribution is 2.14. The van der Waals surface area contributed by atoms with Crippen molar-refractivity contribution in [1.82, 2.24) is 25.5 Å². The molecular weight excluding hydrogens is 254 g/mol. The van der Waals surface area contributed by atoms with E-state index < -0.39 is 0 Å². The van der Waals surface area contributed by atoms with E-state index >= 15 is 0 Å². The lowest BCUT2D eigenvalue weighted by atomic mass is 10.0. The predicted molar refractivity (Wildman–Crippen MR) is 76.2 cm³/mol. The van der Waals surface area contributed by atoms with Crippen LogP contribution in [0.15, 0.2) is 6.33 Å². The lowest BCUT2D eigenvalue weighted by Gasteiger charge is -2.33. The molecule has 0 aromatic carbocycles. The van der Waals surface area contributed by atoms with Gasteiger partial charge in [0.05, 0.1) is 23.8 Å². The first kappa shape index (κ1) is 13.6. The van der Waals surface area contributed by atoms with Crippen molar-refractivity contribution >= 4 is 5.91 Å². The highest BCUT2D eigenvalue weighted by molar-refractivity contribution is 5.82. The summed E-state index contributed by atoms with van der Waals surface area (Å²) in [6.07, 6.45) is 4.63. The van der Waals surface area contributed by atoms with Crippen LogP contribution >= 0.6 is 0 Å². The van der Waals surface area contributed by atoms with Crippen molar-refractivity contribution in [1.29, 1.82) is 0 Å². The zero-order valence-electron chi connectivity index (χ0n) is 12.0. The summed E-state index contributed by atoms with van der Waals surface area (Å²) in [5, 5.41) is 6.47. The molecule has 20 heavy (non-hydrogen) atoms. The molecule has 1 amide bonds. The molecule has 2 aliphatic heterocycles. The second-order valence-electron chi connectivity index (χ2n) is 5.71. The van der Waals surface area contributed by atoms with Gasteiger partial charge in [-0.05, 0) is 25.9 Å². The van der Waals surface area contributed by atoms with Crippen molar-refractivity contribution < 1.29 is 4.79 Å². The lowest BCUT2D eigenvalue weighted by Crippen LogP contribution is -2.54. The van der Waals surface area contributed by atoms with Crippen molar-refractivity contribution in [3.8, 4) is 0 Å². The first-order valence-electron chi connectivity index (χ1n) is 7.53. The number of likely N-dealkylation sites (tertiary alicyclic amines) is 1. The number of hydrogen-bond donors (Lipinski definition) is 3. The van der Waals surface area contributed by atoms with Crippen molar-refractivity contribution in [2.45, 2.75) is 44.8 Å². The second kappa shape index (κ2) is 5.93. The van der Waals surface area contributed by atoms with Crippen LogP contribution in [0.1, 0.15) is 31.2 Å². The first-order valence-corrected chi connectivity index (χ1v) is 7.53. The molecule has 3 N–H and O–H groups in total. The number of aromatic amines is 1. The molecule has 2 aliphatic rings. The number of fused-ring (bicyclic) bond motifs is 1. The molecule has 2 unspecified atom stereocenters. The van der Waals surface area contributed by atoms with Gasteiger partial charge < -0.3 is 15.2 Å². The number of nitrogens with zero attached hydrogens (tertiary/aromatic N) is 2. The number of piperidine rings is 1. The van der Waals surface area contributed by atoms with Gasteiger partial charge in [0.2, 0.25) is 5.91 Å². The Labute approximate surface area is 119 Å². The van der Waals surface area contributed by atoms with E-state index in [2.05, 4.69) is 32.4 Å². The van der Waals surface area contributed by atoms with Crippen LogP contribution < -0.4 is 10.6 Å². The van der Waals surface area contributed by atoms with E-state index in [0.717, 1.165) is 37.4 Å². The van der Waals surface area contributed by atoms with E-state index in [0.29, 0.717) is 19.0 Å². The molecule has 3 rings (SSSR count). The van der Waals surface area contributed by atoms with E-state index in [-0.39, 0.29) is 11.9 Å². The summed E-state index contributed by atoms with van der Waals surface area (Å²) in [7, 11) is 0. The van der Waals surface area contributed by atoms with Gasteiger partial charge in [0.25, 0.3) is 0 Å². The van der Waals surface area contributed by atoms with Crippen LogP contribution in [0, 0.1) is 0 Å². The summed E-state index contributed by atoms with van der Waals surface area (Å²) in [6.45, 7) is 6.06. The summed E-state index contributed by atoms with van der Waals surface area (Å²) in [6, 6.07) is 0.140. The maximum absolute atomic E-state index is 12.4. The smallest absolute Gasteiger partial charge is 0.237 e. The minimum Gasteiger partial charge on any atom is -0.351 e. The van der Waals surface area contributed by atoms with Gasteiger partial charge in [-0.25, -0.2) is 4.98 Å². The molecule has 0 bridgehead atoms. The van der Waals surface area contributed by atoms with E-state index in [1.54, 1.807) is 6.33 Å². The number of aromatic nitrogens is 2. The zero-order chi connectivity index (χ0) is 13.9. The molecule has 1 aromatic heterocycles. The van der Waals surface area contributed by atoms with Gasteiger partial charge in [-0.3, -0.25) is 10.1 Å². The number of likely N-dealkylation sites (N-methyl/N-ethyl adjacent to an activating group) is 1. The number of H-pyrrole nitrogens is 1. The van der Waals surface area contributed by atoms with Gasteiger partial charge in [0, 0.05) is 25.6 Å². The van der Waals surface area contributed by atoms with Gasteiger partial charge in [0.15, 0.2) is 0 Å². The molecule has 1 aromatic rings. The Hall–Kier alpha value is -1.40. The molecule has 1 fully saturated rings. The minimum absolute atomic E-state index is 0.113. The number of amides is 1. The summed E-state index contributed by atoms with van der Waals surface area (Å²) in [4.78, 5) is 22.1. The number of carbonyl (C=O) groups excluding carboxylic acids is 1. The molecule has 6 heteroatoms. The Morgan fingerprint density at radius 1 is 1.60 bits per heavy atom. The van der Waals surface area contributed by atoms with E-state index in [1.807, 2.05) is 0 Å². The molecular formula is C14H23N5O. The Kier molecular flexibility index (Phi) is 4.03. The quantitative estimate of drug-likeness (QED) is 0.728. The summed E-state index contributed by atoms with van der Waals surface area (Å²) < 4.78 is 0. The van der Waals surface area contributed by atoms with Gasteiger partial charge >= 0.3 is 0 Å². The van der Waals surface area contributed by atoms with E-state index in [4.69, 9.17) is 0 Å². The average molecular weight is 277 g/mol. The van der Waals surface area contributed by atoms with Crippen molar-refractivity contribution in [3.05, 3.63) is 17.7 Å². The Morgan fingerprint density at radius 3 is 3.35 bits per heavy atom.